The van der Waals surface area contributed by atoms with E-state index in [-0.39, 0.29) is 17.6 Å². The van der Waals surface area contributed by atoms with E-state index in [9.17, 15) is 4.79 Å². The number of likely N-dealkylation sites (tertiary alicyclic amines) is 1. The van der Waals surface area contributed by atoms with Crippen molar-refractivity contribution in [1.29, 1.82) is 0 Å². The number of hydrogen-bond donors (Lipinski definition) is 0. The summed E-state index contributed by atoms with van der Waals surface area (Å²) < 4.78 is 5.67. The third-order valence-corrected chi connectivity index (χ3v) is 6.89. The van der Waals surface area contributed by atoms with Crippen LogP contribution in [0.4, 0.5) is 0 Å². The largest absolute Gasteiger partial charge is 0.338 e. The monoisotopic (exact) mass is 443 g/mol. The molecule has 1 unspecified atom stereocenters. The van der Waals surface area contributed by atoms with Crippen molar-refractivity contribution in [2.75, 3.05) is 13.1 Å². The normalized spacial score (nSPS) is 17.0. The van der Waals surface area contributed by atoms with Crippen LogP contribution in [0.2, 0.25) is 0 Å². The van der Waals surface area contributed by atoms with Crippen molar-refractivity contribution in [2.45, 2.75) is 25.3 Å². The van der Waals surface area contributed by atoms with Gasteiger partial charge in [-0.3, -0.25) is 9.69 Å². The van der Waals surface area contributed by atoms with Gasteiger partial charge in [0.25, 0.3) is 0 Å². The van der Waals surface area contributed by atoms with Crippen LogP contribution in [0.3, 0.4) is 0 Å². The molecule has 0 radical (unpaired) electrons. The molecular formula is C26H25N3O2S. The fourth-order valence-electron chi connectivity index (χ4n) is 4.46. The molecule has 6 heteroatoms. The predicted octanol–water partition coefficient (Wildman–Crippen LogP) is 5.41. The smallest absolute Gasteiger partial charge is 0.240 e. The lowest BCUT2D eigenvalue weighted by molar-refractivity contribution is 0.0801. The number of thiophene rings is 1. The maximum atomic E-state index is 12.8. The number of benzene rings is 2. The molecule has 1 fully saturated rings. The average Bonchev–Trinajstić information content (AvgIpc) is 3.53. The minimum atomic E-state index is -0.0792. The van der Waals surface area contributed by atoms with Gasteiger partial charge in [-0.15, -0.1) is 11.3 Å². The van der Waals surface area contributed by atoms with Crippen LogP contribution in [-0.2, 0) is 6.54 Å². The van der Waals surface area contributed by atoms with Crippen LogP contribution in [0.1, 0.15) is 51.3 Å². The number of carbonyl (C=O) groups excluding carboxylic acids is 1. The number of piperidine rings is 1. The molecule has 1 aliphatic rings. The molecule has 1 saturated heterocycles. The van der Waals surface area contributed by atoms with Crippen LogP contribution >= 0.6 is 11.3 Å². The Morgan fingerprint density at radius 3 is 2.41 bits per heavy atom. The van der Waals surface area contributed by atoms with E-state index >= 15 is 0 Å². The van der Waals surface area contributed by atoms with E-state index in [4.69, 9.17) is 9.51 Å². The molecule has 0 spiro atoms. The van der Waals surface area contributed by atoms with Gasteiger partial charge in [0.05, 0.1) is 17.3 Å². The van der Waals surface area contributed by atoms with E-state index in [0.29, 0.717) is 18.3 Å². The van der Waals surface area contributed by atoms with Crippen LogP contribution in [0.15, 0.2) is 82.7 Å². The van der Waals surface area contributed by atoms with Crippen molar-refractivity contribution in [3.05, 3.63) is 106 Å². The quantitative estimate of drug-likeness (QED) is 0.358. The first-order valence-corrected chi connectivity index (χ1v) is 11.9. The Morgan fingerprint density at radius 2 is 1.75 bits per heavy atom. The fraction of sp³-hybridized carbons (Fsp3) is 0.269. The summed E-state index contributed by atoms with van der Waals surface area (Å²) in [5.41, 5.74) is 2.26. The second-order valence-corrected chi connectivity index (χ2v) is 9.16. The Kier molecular flexibility index (Phi) is 6.23. The molecule has 5 nitrogen and oxygen atoms in total. The Labute approximate surface area is 191 Å². The molecule has 32 heavy (non-hydrogen) atoms. The molecule has 2 aromatic carbocycles. The van der Waals surface area contributed by atoms with E-state index in [1.807, 2.05) is 53.9 Å². The van der Waals surface area contributed by atoms with Crippen molar-refractivity contribution in [1.82, 2.24) is 15.0 Å². The Hall–Kier alpha value is -3.09. The highest BCUT2D eigenvalue weighted by molar-refractivity contribution is 7.12. The van der Waals surface area contributed by atoms with Crippen molar-refractivity contribution >= 4 is 17.1 Å². The number of hydrogen-bond acceptors (Lipinski definition) is 6. The summed E-state index contributed by atoms with van der Waals surface area (Å²) in [7, 11) is 0. The minimum Gasteiger partial charge on any atom is -0.338 e. The summed E-state index contributed by atoms with van der Waals surface area (Å²) in [6.45, 7) is 2.24. The summed E-state index contributed by atoms with van der Waals surface area (Å²) in [5, 5.41) is 6.31. The van der Waals surface area contributed by atoms with Crippen molar-refractivity contribution in [2.24, 2.45) is 5.92 Å². The van der Waals surface area contributed by atoms with Gasteiger partial charge in [-0.05, 0) is 42.0 Å². The molecule has 3 heterocycles. The summed E-state index contributed by atoms with van der Waals surface area (Å²) in [6.07, 6.45) is 1.94. The topological polar surface area (TPSA) is 59.2 Å². The third kappa shape index (κ3) is 4.56. The van der Waals surface area contributed by atoms with Gasteiger partial charge in [-0.2, -0.15) is 4.98 Å². The summed E-state index contributed by atoms with van der Waals surface area (Å²) in [4.78, 5) is 20.7. The lowest BCUT2D eigenvalue weighted by atomic mass is 9.91. The highest BCUT2D eigenvalue weighted by Gasteiger charge is 2.29. The Balaban J connectivity index is 1.33. The molecule has 1 atom stereocenters. The molecule has 0 aliphatic carbocycles. The maximum absolute atomic E-state index is 12.8. The zero-order valence-corrected chi connectivity index (χ0v) is 18.6. The first-order valence-electron chi connectivity index (χ1n) is 11.0. The molecule has 1 aliphatic heterocycles. The van der Waals surface area contributed by atoms with Gasteiger partial charge in [-0.25, -0.2) is 0 Å². The van der Waals surface area contributed by atoms with Crippen LogP contribution in [0.25, 0.3) is 0 Å². The number of nitrogens with zero attached hydrogens (tertiary/aromatic N) is 3. The summed E-state index contributed by atoms with van der Waals surface area (Å²) >= 11 is 1.52. The highest BCUT2D eigenvalue weighted by atomic mass is 32.1. The average molecular weight is 444 g/mol. The Bertz CT molecular complexity index is 1100. The molecule has 0 N–H and O–H groups in total. The second kappa shape index (κ2) is 9.59. The maximum Gasteiger partial charge on any atom is 0.240 e. The zero-order valence-electron chi connectivity index (χ0n) is 17.8. The lowest BCUT2D eigenvalue weighted by Crippen LogP contribution is -2.38. The number of Topliss-reactive ketones (excluding diaryl/α,β-unsaturated/α-hetero) is 1. The minimum absolute atomic E-state index is 0.0335. The highest BCUT2D eigenvalue weighted by Crippen LogP contribution is 2.30. The van der Waals surface area contributed by atoms with Gasteiger partial charge in [0.2, 0.25) is 5.89 Å². The van der Waals surface area contributed by atoms with Gasteiger partial charge in [0, 0.05) is 12.5 Å². The van der Waals surface area contributed by atoms with Gasteiger partial charge in [-0.1, -0.05) is 71.9 Å². The number of carbonyl (C=O) groups is 1. The van der Waals surface area contributed by atoms with E-state index in [2.05, 4.69) is 34.3 Å². The summed E-state index contributed by atoms with van der Waals surface area (Å²) in [5.74, 6) is 1.47. The molecule has 5 rings (SSSR count). The molecule has 162 valence electrons. The first-order chi connectivity index (χ1) is 15.8. The Morgan fingerprint density at radius 1 is 1.03 bits per heavy atom. The molecule has 4 aromatic rings. The van der Waals surface area contributed by atoms with Gasteiger partial charge < -0.3 is 4.52 Å². The first kappa shape index (κ1) is 20.8. The van der Waals surface area contributed by atoms with Gasteiger partial charge >= 0.3 is 0 Å². The zero-order chi connectivity index (χ0) is 21.8. The van der Waals surface area contributed by atoms with Crippen LogP contribution in [-0.4, -0.2) is 33.9 Å². The molecular weight excluding hydrogens is 418 g/mol. The van der Waals surface area contributed by atoms with E-state index < -0.39 is 0 Å². The van der Waals surface area contributed by atoms with Gasteiger partial charge in [0.15, 0.2) is 11.6 Å². The van der Waals surface area contributed by atoms with E-state index in [1.54, 1.807) is 0 Å². The van der Waals surface area contributed by atoms with Crippen molar-refractivity contribution in [3.8, 4) is 0 Å². The molecule has 0 bridgehead atoms. The van der Waals surface area contributed by atoms with Crippen LogP contribution in [0, 0.1) is 5.92 Å². The SMILES string of the molecule is O=C(c1cccs1)C1CCCN(Cc2nc(C(c3ccccc3)c3ccccc3)no2)C1. The second-order valence-electron chi connectivity index (χ2n) is 8.22. The number of rotatable bonds is 7. The van der Waals surface area contributed by atoms with Crippen molar-refractivity contribution < 1.29 is 9.32 Å². The van der Waals surface area contributed by atoms with Crippen LogP contribution < -0.4 is 0 Å². The fourth-order valence-corrected chi connectivity index (χ4v) is 5.20. The predicted molar refractivity (Wildman–Crippen MR) is 125 cm³/mol. The molecule has 2 aromatic heterocycles. The van der Waals surface area contributed by atoms with E-state index in [1.165, 1.54) is 11.3 Å². The van der Waals surface area contributed by atoms with Gasteiger partial charge in [0.1, 0.15) is 0 Å². The van der Waals surface area contributed by atoms with Crippen LogP contribution in [0.5, 0.6) is 0 Å². The number of aromatic nitrogens is 2. The standard InChI is InChI=1S/C26H25N3O2S/c30-25(22-14-8-16-32-22)21-13-7-15-29(17-21)18-23-27-26(28-31-23)24(19-9-3-1-4-10-19)20-11-5-2-6-12-20/h1-6,8-12,14,16,21,24H,7,13,15,17-18H2. The molecule has 0 amide bonds. The lowest BCUT2D eigenvalue weighted by Gasteiger charge is -2.30. The molecule has 0 saturated carbocycles. The van der Waals surface area contributed by atoms with Crippen molar-refractivity contribution in [3.63, 3.8) is 0 Å². The number of ketones is 1. The third-order valence-electron chi connectivity index (χ3n) is 6.01. The summed E-state index contributed by atoms with van der Waals surface area (Å²) in [6, 6.07) is 24.4. The van der Waals surface area contributed by atoms with E-state index in [0.717, 1.165) is 41.9 Å².